The molecule has 0 fully saturated rings. The molecule has 338 valence electrons. The molecule has 4 aliphatic carbocycles. The van der Waals surface area contributed by atoms with Gasteiger partial charge in [-0.1, -0.05) is 237 Å². The molecular weight excluding hydrogens is 879 g/mol. The smallest absolute Gasteiger partial charge is 0.0726 e. The van der Waals surface area contributed by atoms with Crippen LogP contribution in [-0.4, -0.2) is 0 Å². The molecule has 0 saturated heterocycles. The summed E-state index contributed by atoms with van der Waals surface area (Å²) in [5.41, 5.74) is 28.1. The van der Waals surface area contributed by atoms with Gasteiger partial charge in [-0.2, -0.15) is 0 Å². The Kier molecular flexibility index (Phi) is 8.37. The summed E-state index contributed by atoms with van der Waals surface area (Å²) in [4.78, 5) is 2.57. The number of fused-ring (bicyclic) bond motifs is 21. The third kappa shape index (κ3) is 5.30. The highest BCUT2D eigenvalue weighted by Crippen LogP contribution is 2.66. The van der Waals surface area contributed by atoms with Crippen molar-refractivity contribution in [2.45, 2.75) is 10.8 Å². The van der Waals surface area contributed by atoms with Gasteiger partial charge in [0, 0.05) is 16.9 Å². The van der Waals surface area contributed by atoms with Gasteiger partial charge >= 0.3 is 0 Å². The molecule has 16 rings (SSSR count). The topological polar surface area (TPSA) is 3.24 Å². The first kappa shape index (κ1) is 40.4. The van der Waals surface area contributed by atoms with Crippen LogP contribution in [0.5, 0.6) is 0 Å². The Balaban J connectivity index is 1.01. The molecule has 0 aromatic heterocycles. The maximum Gasteiger partial charge on any atom is 0.0726 e. The lowest BCUT2D eigenvalue weighted by atomic mass is 9.70. The highest BCUT2D eigenvalue weighted by Gasteiger charge is 2.53. The lowest BCUT2D eigenvalue weighted by Gasteiger charge is -2.34. The van der Waals surface area contributed by atoms with Gasteiger partial charge in [-0.3, -0.25) is 0 Å². The van der Waals surface area contributed by atoms with E-state index in [1.165, 1.54) is 122 Å². The van der Waals surface area contributed by atoms with Gasteiger partial charge in [-0.25, -0.2) is 0 Å². The maximum atomic E-state index is 2.58. The van der Waals surface area contributed by atoms with Gasteiger partial charge in [0.2, 0.25) is 0 Å². The van der Waals surface area contributed by atoms with E-state index in [9.17, 15) is 0 Å². The maximum absolute atomic E-state index is 2.58. The van der Waals surface area contributed by atoms with Crippen molar-refractivity contribution in [2.24, 2.45) is 0 Å². The quantitative estimate of drug-likeness (QED) is 0.166. The van der Waals surface area contributed by atoms with Crippen molar-refractivity contribution in [1.29, 1.82) is 0 Å². The lowest BCUT2D eigenvalue weighted by molar-refractivity contribution is 0.792. The molecule has 0 heterocycles. The SMILES string of the molecule is c1ccc(-c2cc3c(cc2N(c2ccc(-c4cccc5ccccc45)cc2)c2ccc4c(c2)C2(c5ccccc5-c5ccccc52)c2ccccc2-4)C2(c4ccccc4-c4ccccc42)c2ccccc2-3)cc1. The fourth-order valence-electron chi connectivity index (χ4n) is 14.1. The summed E-state index contributed by atoms with van der Waals surface area (Å²) in [6.45, 7) is 0. The van der Waals surface area contributed by atoms with Crippen LogP contribution < -0.4 is 4.90 Å². The van der Waals surface area contributed by atoms with Gasteiger partial charge in [0.15, 0.2) is 0 Å². The van der Waals surface area contributed by atoms with E-state index in [1.54, 1.807) is 0 Å². The lowest BCUT2D eigenvalue weighted by Crippen LogP contribution is -2.26. The van der Waals surface area contributed by atoms with Gasteiger partial charge in [0.05, 0.1) is 16.5 Å². The van der Waals surface area contributed by atoms with Crippen LogP contribution >= 0.6 is 0 Å². The van der Waals surface area contributed by atoms with Crippen molar-refractivity contribution < 1.29 is 0 Å². The van der Waals surface area contributed by atoms with E-state index in [0.29, 0.717) is 0 Å². The highest BCUT2D eigenvalue weighted by atomic mass is 15.1. The van der Waals surface area contributed by atoms with Gasteiger partial charge in [-0.05, 0) is 153 Å². The molecule has 12 aromatic carbocycles. The molecule has 0 unspecified atom stereocenters. The number of anilines is 3. The van der Waals surface area contributed by atoms with Crippen LogP contribution in [0.15, 0.2) is 273 Å². The van der Waals surface area contributed by atoms with Gasteiger partial charge < -0.3 is 4.90 Å². The van der Waals surface area contributed by atoms with E-state index in [-0.39, 0.29) is 0 Å². The van der Waals surface area contributed by atoms with Crippen molar-refractivity contribution in [3.63, 3.8) is 0 Å². The van der Waals surface area contributed by atoms with Crippen LogP contribution in [0.25, 0.3) is 77.5 Å². The number of nitrogens with zero attached hydrogens (tertiary/aromatic N) is 1. The summed E-state index contributed by atoms with van der Waals surface area (Å²) in [5.74, 6) is 0. The van der Waals surface area contributed by atoms with Crippen LogP contribution in [0.4, 0.5) is 17.1 Å². The fraction of sp³-hybridized carbons (Fsp3) is 0.0278. The molecule has 0 saturated carbocycles. The molecule has 0 atom stereocenters. The minimum Gasteiger partial charge on any atom is -0.310 e. The van der Waals surface area contributed by atoms with Gasteiger partial charge in [-0.15, -0.1) is 0 Å². The molecule has 0 radical (unpaired) electrons. The summed E-state index contributed by atoms with van der Waals surface area (Å²) in [5, 5.41) is 2.49. The van der Waals surface area contributed by atoms with Crippen molar-refractivity contribution in [3.05, 3.63) is 317 Å². The predicted octanol–water partition coefficient (Wildman–Crippen LogP) is 18.3. The summed E-state index contributed by atoms with van der Waals surface area (Å²) >= 11 is 0. The molecule has 4 aliphatic rings. The van der Waals surface area contributed by atoms with Gasteiger partial charge in [0.1, 0.15) is 0 Å². The second-order valence-corrected chi connectivity index (χ2v) is 20.2. The van der Waals surface area contributed by atoms with Crippen LogP contribution in [-0.2, 0) is 10.8 Å². The third-order valence-electron chi connectivity index (χ3n) is 16.9. The average molecular weight is 924 g/mol. The first-order valence-electron chi connectivity index (χ1n) is 25.6. The van der Waals surface area contributed by atoms with E-state index in [0.717, 1.165) is 17.1 Å². The van der Waals surface area contributed by atoms with Gasteiger partial charge in [0.25, 0.3) is 0 Å². The van der Waals surface area contributed by atoms with E-state index in [4.69, 9.17) is 0 Å². The Labute approximate surface area is 425 Å². The molecule has 0 bridgehead atoms. The number of hydrogen-bond donors (Lipinski definition) is 0. The summed E-state index contributed by atoms with van der Waals surface area (Å²) < 4.78 is 0. The van der Waals surface area contributed by atoms with E-state index in [2.05, 4.69) is 278 Å². The Morgan fingerprint density at radius 2 is 0.603 bits per heavy atom. The minimum absolute atomic E-state index is 0.498. The van der Waals surface area contributed by atoms with E-state index in [1.807, 2.05) is 0 Å². The average Bonchev–Trinajstić information content (AvgIpc) is 4.15. The molecule has 2 spiro atoms. The molecule has 12 aromatic rings. The Morgan fingerprint density at radius 3 is 1.14 bits per heavy atom. The van der Waals surface area contributed by atoms with E-state index >= 15 is 0 Å². The van der Waals surface area contributed by atoms with Crippen molar-refractivity contribution in [1.82, 2.24) is 0 Å². The zero-order chi connectivity index (χ0) is 47.8. The molecular formula is C72H45N. The summed E-state index contributed by atoms with van der Waals surface area (Å²) in [7, 11) is 0. The normalized spacial score (nSPS) is 14.0. The monoisotopic (exact) mass is 923 g/mol. The molecule has 1 heteroatoms. The standard InChI is InChI=1S/C72H45N/c1-2-19-47(20-3-1)60-44-61-58-29-11-17-36-67(58)72(64-33-14-8-26-55(64)56-27-9-15-34-65(56)72)69(61)45-70(60)73(49-39-37-48(38-40-49)52-30-18-22-46-21-4-5-23-51(46)52)50-41-42-59-57-28-10-16-35-66(57)71(68(59)43-50)62-31-12-6-24-53(62)54-25-7-13-32-63(54)71/h1-45H. The highest BCUT2D eigenvalue weighted by molar-refractivity contribution is 6.02. The molecule has 73 heavy (non-hydrogen) atoms. The van der Waals surface area contributed by atoms with Crippen LogP contribution in [0.3, 0.4) is 0 Å². The van der Waals surface area contributed by atoms with E-state index < -0.39 is 10.8 Å². The predicted molar refractivity (Wildman–Crippen MR) is 302 cm³/mol. The Morgan fingerprint density at radius 1 is 0.219 bits per heavy atom. The second kappa shape index (κ2) is 15.1. The Bertz CT molecular complexity index is 4160. The van der Waals surface area contributed by atoms with Crippen LogP contribution in [0.1, 0.15) is 44.5 Å². The Hall–Kier alpha value is -9.30. The molecule has 0 aliphatic heterocycles. The molecule has 0 amide bonds. The molecule has 1 nitrogen and oxygen atoms in total. The molecule has 0 N–H and O–H groups in total. The van der Waals surface area contributed by atoms with Crippen LogP contribution in [0, 0.1) is 0 Å². The third-order valence-corrected chi connectivity index (χ3v) is 16.9. The van der Waals surface area contributed by atoms with Crippen molar-refractivity contribution in [2.75, 3.05) is 4.90 Å². The summed E-state index contributed by atoms with van der Waals surface area (Å²) in [6, 6.07) is 103. The number of rotatable bonds is 5. The van der Waals surface area contributed by atoms with Crippen molar-refractivity contribution >= 4 is 27.8 Å². The zero-order valence-corrected chi connectivity index (χ0v) is 39.9. The summed E-state index contributed by atoms with van der Waals surface area (Å²) in [6.07, 6.45) is 0. The first-order valence-corrected chi connectivity index (χ1v) is 25.6. The minimum atomic E-state index is -0.520. The first-order chi connectivity index (χ1) is 36.2. The zero-order valence-electron chi connectivity index (χ0n) is 39.9. The van der Waals surface area contributed by atoms with Crippen LogP contribution in [0.2, 0.25) is 0 Å². The number of hydrogen-bond acceptors (Lipinski definition) is 1. The largest absolute Gasteiger partial charge is 0.310 e. The fourth-order valence-corrected chi connectivity index (χ4v) is 14.1. The second-order valence-electron chi connectivity index (χ2n) is 20.2. The van der Waals surface area contributed by atoms with Crippen molar-refractivity contribution in [3.8, 4) is 66.8 Å². The number of benzene rings is 12.